The third-order valence-corrected chi connectivity index (χ3v) is 5.84. The zero-order chi connectivity index (χ0) is 21.9. The molecule has 1 aliphatic rings. The second-order valence-corrected chi connectivity index (χ2v) is 7.95. The van der Waals surface area contributed by atoms with E-state index in [4.69, 9.17) is 0 Å². The van der Waals surface area contributed by atoms with Gasteiger partial charge in [-0.3, -0.25) is 19.6 Å². The molecule has 0 N–H and O–H groups in total. The van der Waals surface area contributed by atoms with Gasteiger partial charge in [0, 0.05) is 43.7 Å². The molecule has 1 amide bonds. The summed E-state index contributed by atoms with van der Waals surface area (Å²) in [6.45, 7) is 1.78. The summed E-state index contributed by atoms with van der Waals surface area (Å²) in [4.78, 5) is 39.9. The number of fused-ring (bicyclic) bond motifs is 1. The Morgan fingerprint density at radius 1 is 0.969 bits per heavy atom. The number of rotatable bonds is 4. The summed E-state index contributed by atoms with van der Waals surface area (Å²) in [5.74, 6) is 0.177. The highest BCUT2D eigenvalue weighted by Gasteiger charge is 2.25. The zero-order valence-electron chi connectivity index (χ0n) is 17.5. The average Bonchev–Trinajstić information content (AvgIpc) is 2.85. The van der Waals surface area contributed by atoms with Gasteiger partial charge in [-0.25, -0.2) is 9.67 Å². The third kappa shape index (κ3) is 4.12. The van der Waals surface area contributed by atoms with Crippen LogP contribution in [0.5, 0.6) is 0 Å². The minimum atomic E-state index is -0.118. The molecule has 160 valence electrons. The summed E-state index contributed by atoms with van der Waals surface area (Å²) >= 11 is 0. The summed E-state index contributed by atoms with van der Waals surface area (Å²) in [6, 6.07) is 14.6. The van der Waals surface area contributed by atoms with Crippen molar-refractivity contribution in [3.05, 3.63) is 83.2 Å². The molecule has 1 aromatic carbocycles. The zero-order valence-corrected chi connectivity index (χ0v) is 17.5. The van der Waals surface area contributed by atoms with Crippen LogP contribution in [0.3, 0.4) is 0 Å². The van der Waals surface area contributed by atoms with Gasteiger partial charge in [0.1, 0.15) is 5.69 Å². The summed E-state index contributed by atoms with van der Waals surface area (Å²) in [5.41, 5.74) is 3.40. The lowest BCUT2D eigenvalue weighted by Crippen LogP contribution is -2.40. The molecule has 4 aromatic rings. The number of hydrogen-bond acceptors (Lipinski definition) is 6. The molecule has 0 aliphatic carbocycles. The first-order chi connectivity index (χ1) is 15.7. The molecule has 8 heteroatoms. The van der Waals surface area contributed by atoms with Gasteiger partial charge in [0.25, 0.3) is 11.5 Å². The van der Waals surface area contributed by atoms with Gasteiger partial charge in [-0.1, -0.05) is 12.1 Å². The molecule has 0 saturated carbocycles. The largest absolute Gasteiger partial charge is 0.337 e. The van der Waals surface area contributed by atoms with Gasteiger partial charge in [0.2, 0.25) is 0 Å². The van der Waals surface area contributed by atoms with E-state index in [1.54, 1.807) is 30.7 Å². The molecule has 1 fully saturated rings. The van der Waals surface area contributed by atoms with E-state index in [9.17, 15) is 9.59 Å². The van der Waals surface area contributed by atoms with E-state index >= 15 is 0 Å². The van der Waals surface area contributed by atoms with Crippen molar-refractivity contribution in [3.63, 3.8) is 0 Å². The molecule has 0 bridgehead atoms. The second-order valence-electron chi connectivity index (χ2n) is 7.95. The maximum absolute atomic E-state index is 12.9. The number of likely N-dealkylation sites (tertiary alicyclic amines) is 1. The number of aromatic nitrogens is 5. The van der Waals surface area contributed by atoms with Crippen molar-refractivity contribution in [1.82, 2.24) is 29.6 Å². The standard InChI is InChI=1S/C24H22N6O2/c31-23-6-5-19(18-7-11-25-12-8-18)28-30(23)16-17-9-13-29(14-10-17)24(32)22-15-26-20-3-1-2-4-21(20)27-22/h1-8,11-12,15,17H,9-10,13-14,16H2. The number of nitrogens with zero attached hydrogens (tertiary/aromatic N) is 6. The van der Waals surface area contributed by atoms with Gasteiger partial charge >= 0.3 is 0 Å². The summed E-state index contributed by atoms with van der Waals surface area (Å²) in [7, 11) is 0. The number of carbonyl (C=O) groups excluding carboxylic acids is 1. The average molecular weight is 426 g/mol. The lowest BCUT2D eigenvalue weighted by atomic mass is 9.96. The molecular weight excluding hydrogens is 404 g/mol. The molecule has 8 nitrogen and oxygen atoms in total. The van der Waals surface area contributed by atoms with Gasteiger partial charge in [0.15, 0.2) is 0 Å². The highest BCUT2D eigenvalue weighted by atomic mass is 16.2. The van der Waals surface area contributed by atoms with Crippen molar-refractivity contribution in [2.75, 3.05) is 13.1 Å². The maximum atomic E-state index is 12.9. The summed E-state index contributed by atoms with van der Waals surface area (Å²) in [6.07, 6.45) is 6.57. The maximum Gasteiger partial charge on any atom is 0.274 e. The first-order valence-corrected chi connectivity index (χ1v) is 10.7. The number of carbonyl (C=O) groups is 1. The second kappa shape index (κ2) is 8.66. The highest BCUT2D eigenvalue weighted by molar-refractivity contribution is 5.93. The minimum Gasteiger partial charge on any atom is -0.337 e. The molecule has 5 rings (SSSR count). The molecule has 3 aromatic heterocycles. The van der Waals surface area contributed by atoms with E-state index < -0.39 is 0 Å². The topological polar surface area (TPSA) is 93.9 Å². The summed E-state index contributed by atoms with van der Waals surface area (Å²) in [5, 5.41) is 4.54. The van der Waals surface area contributed by atoms with Crippen molar-refractivity contribution in [1.29, 1.82) is 0 Å². The fourth-order valence-corrected chi connectivity index (χ4v) is 4.04. The van der Waals surface area contributed by atoms with Crippen molar-refractivity contribution in [2.45, 2.75) is 19.4 Å². The lowest BCUT2D eigenvalue weighted by molar-refractivity contribution is 0.0674. The molecule has 0 radical (unpaired) electrons. The Kier molecular flexibility index (Phi) is 5.41. The van der Waals surface area contributed by atoms with Crippen molar-refractivity contribution in [3.8, 4) is 11.3 Å². The van der Waals surface area contributed by atoms with Gasteiger partial charge in [-0.15, -0.1) is 0 Å². The van der Waals surface area contributed by atoms with Crippen LogP contribution in [-0.2, 0) is 6.54 Å². The van der Waals surface area contributed by atoms with Crippen molar-refractivity contribution < 1.29 is 4.79 Å². The van der Waals surface area contributed by atoms with Crippen LogP contribution in [0, 0.1) is 5.92 Å². The smallest absolute Gasteiger partial charge is 0.274 e. The van der Waals surface area contributed by atoms with Crippen LogP contribution in [0.25, 0.3) is 22.3 Å². The normalized spacial score (nSPS) is 14.6. The molecule has 1 saturated heterocycles. The number of para-hydroxylation sites is 2. The Bertz CT molecular complexity index is 1310. The number of piperidine rings is 1. The minimum absolute atomic E-state index is 0.100. The lowest BCUT2D eigenvalue weighted by Gasteiger charge is -2.31. The molecular formula is C24H22N6O2. The van der Waals surface area contributed by atoms with Gasteiger partial charge < -0.3 is 4.90 Å². The van der Waals surface area contributed by atoms with Crippen LogP contribution >= 0.6 is 0 Å². The van der Waals surface area contributed by atoms with Crippen LogP contribution in [0.4, 0.5) is 0 Å². The highest BCUT2D eigenvalue weighted by Crippen LogP contribution is 2.21. The van der Waals surface area contributed by atoms with Crippen molar-refractivity contribution in [2.24, 2.45) is 5.92 Å². The molecule has 0 spiro atoms. The van der Waals surface area contributed by atoms with E-state index in [0.29, 0.717) is 30.8 Å². The number of benzene rings is 1. The first kappa shape index (κ1) is 20.0. The number of pyridine rings is 1. The predicted octanol–water partition coefficient (Wildman–Crippen LogP) is 2.80. The van der Waals surface area contributed by atoms with E-state index in [1.807, 2.05) is 41.3 Å². The third-order valence-electron chi connectivity index (χ3n) is 5.84. The Hall–Kier alpha value is -3.94. The molecule has 32 heavy (non-hydrogen) atoms. The van der Waals surface area contributed by atoms with Gasteiger partial charge in [-0.05, 0) is 49.1 Å². The number of hydrogen-bond donors (Lipinski definition) is 0. The molecule has 1 aliphatic heterocycles. The SMILES string of the molecule is O=C(c1cnc2ccccc2n1)N1CCC(Cn2nc(-c3ccncc3)ccc2=O)CC1. The van der Waals surface area contributed by atoms with Gasteiger partial charge in [-0.2, -0.15) is 5.10 Å². The Morgan fingerprint density at radius 2 is 1.72 bits per heavy atom. The van der Waals surface area contributed by atoms with E-state index in [0.717, 1.165) is 29.6 Å². The van der Waals surface area contributed by atoms with Crippen molar-refractivity contribution >= 4 is 16.9 Å². The van der Waals surface area contributed by atoms with Crippen LogP contribution in [-0.4, -0.2) is 48.6 Å². The molecule has 4 heterocycles. The Morgan fingerprint density at radius 3 is 2.50 bits per heavy atom. The quantitative estimate of drug-likeness (QED) is 0.498. The van der Waals surface area contributed by atoms with E-state index in [1.165, 1.54) is 4.68 Å². The monoisotopic (exact) mass is 426 g/mol. The first-order valence-electron chi connectivity index (χ1n) is 10.7. The van der Waals surface area contributed by atoms with Crippen LogP contribution in [0.2, 0.25) is 0 Å². The fraction of sp³-hybridized carbons (Fsp3) is 0.250. The van der Waals surface area contributed by atoms with E-state index in [2.05, 4.69) is 20.1 Å². The molecule has 0 unspecified atom stereocenters. The number of amides is 1. The predicted molar refractivity (Wildman–Crippen MR) is 120 cm³/mol. The molecule has 0 atom stereocenters. The van der Waals surface area contributed by atoms with Gasteiger partial charge in [0.05, 0.1) is 22.9 Å². The Balaban J connectivity index is 1.25. The fourth-order valence-electron chi connectivity index (χ4n) is 4.04. The van der Waals surface area contributed by atoms with Crippen LogP contribution < -0.4 is 5.56 Å². The van der Waals surface area contributed by atoms with Crippen LogP contribution in [0.15, 0.2) is 71.9 Å². The summed E-state index contributed by atoms with van der Waals surface area (Å²) < 4.78 is 1.53. The van der Waals surface area contributed by atoms with E-state index in [-0.39, 0.29) is 17.4 Å². The Labute approximate surface area is 184 Å². The van der Waals surface area contributed by atoms with Crippen LogP contribution in [0.1, 0.15) is 23.3 Å².